The van der Waals surface area contributed by atoms with Crippen LogP contribution in [0.5, 0.6) is 0 Å². The Morgan fingerprint density at radius 1 is 0.612 bits per heavy atom. The number of rotatable bonds is 14. The maximum absolute atomic E-state index is 10.7. The van der Waals surface area contributed by atoms with Crippen molar-refractivity contribution >= 4 is 17.9 Å². The predicted octanol–water partition coefficient (Wildman–Crippen LogP) is 10.9. The molecule has 280 valence electrons. The number of carbonyl (C=O) groups is 3. The highest BCUT2D eigenvalue weighted by Gasteiger charge is 2.16. The molecule has 7 heteroatoms. The van der Waals surface area contributed by atoms with Crippen LogP contribution < -0.4 is 0 Å². The van der Waals surface area contributed by atoms with E-state index >= 15 is 0 Å². The Morgan fingerprint density at radius 2 is 1.02 bits per heavy atom. The van der Waals surface area contributed by atoms with Crippen molar-refractivity contribution in [3.05, 3.63) is 93.7 Å². The number of allylic oxidation sites excluding steroid dienone is 11. The molecule has 49 heavy (non-hydrogen) atoms. The van der Waals surface area contributed by atoms with E-state index in [1.807, 2.05) is 106 Å². The van der Waals surface area contributed by atoms with Gasteiger partial charge in [0.1, 0.15) is 6.61 Å². The van der Waals surface area contributed by atoms with Crippen molar-refractivity contribution < 1.29 is 34.4 Å². The highest BCUT2D eigenvalue weighted by Crippen LogP contribution is 2.15. The molecule has 0 bridgehead atoms. The van der Waals surface area contributed by atoms with Crippen LogP contribution in [0, 0.1) is 23.7 Å². The zero-order chi connectivity index (χ0) is 39.4. The van der Waals surface area contributed by atoms with E-state index in [2.05, 4.69) is 34.3 Å². The summed E-state index contributed by atoms with van der Waals surface area (Å²) in [7, 11) is 0. The van der Waals surface area contributed by atoms with Crippen molar-refractivity contribution in [2.24, 2.45) is 23.7 Å². The maximum atomic E-state index is 10.7. The van der Waals surface area contributed by atoms with Crippen LogP contribution in [0.3, 0.4) is 0 Å². The molecule has 0 aromatic carbocycles. The fraction of sp³-hybridized carbons (Fsp3) is 0.548. The van der Waals surface area contributed by atoms with Crippen molar-refractivity contribution in [2.45, 2.75) is 117 Å². The molecule has 0 rings (SSSR count). The van der Waals surface area contributed by atoms with Crippen molar-refractivity contribution in [3.63, 3.8) is 0 Å². The van der Waals surface area contributed by atoms with Gasteiger partial charge in [0.15, 0.2) is 0 Å². The third-order valence-electron chi connectivity index (χ3n) is 6.49. The Hall–Kier alpha value is -3.71. The van der Waals surface area contributed by atoms with Crippen LogP contribution in [0.2, 0.25) is 0 Å². The van der Waals surface area contributed by atoms with Crippen LogP contribution in [0.25, 0.3) is 0 Å². The van der Waals surface area contributed by atoms with Gasteiger partial charge in [0.2, 0.25) is 0 Å². The van der Waals surface area contributed by atoms with E-state index in [0.717, 1.165) is 22.3 Å². The van der Waals surface area contributed by atoms with E-state index in [-0.39, 0.29) is 18.5 Å². The Balaban J connectivity index is -0.000000277. The Bertz CT molecular complexity index is 1200. The summed E-state index contributed by atoms with van der Waals surface area (Å²) in [6.07, 6.45) is 14.1. The molecule has 0 aromatic rings. The van der Waals surface area contributed by atoms with E-state index in [0.29, 0.717) is 36.0 Å². The summed E-state index contributed by atoms with van der Waals surface area (Å²) in [5.74, 6) is -1.37. The highest BCUT2D eigenvalue weighted by atomic mass is 16.5. The van der Waals surface area contributed by atoms with Crippen molar-refractivity contribution in [2.75, 3.05) is 13.2 Å². The van der Waals surface area contributed by atoms with Gasteiger partial charge in [0.25, 0.3) is 0 Å². The molecule has 7 nitrogen and oxygen atoms in total. The summed E-state index contributed by atoms with van der Waals surface area (Å²) in [5, 5.41) is 26.4. The summed E-state index contributed by atoms with van der Waals surface area (Å²) < 4.78 is 4.96. The number of carbonyl (C=O) groups excluding carboxylic acids is 1. The monoisotopic (exact) mass is 687 g/mol. The van der Waals surface area contributed by atoms with Gasteiger partial charge >= 0.3 is 17.9 Å². The van der Waals surface area contributed by atoms with Gasteiger partial charge in [0, 0.05) is 12.5 Å². The van der Waals surface area contributed by atoms with E-state index < -0.39 is 17.9 Å². The zero-order valence-electron chi connectivity index (χ0n) is 33.7. The third kappa shape index (κ3) is 35.4. The van der Waals surface area contributed by atoms with Crippen LogP contribution in [0.4, 0.5) is 0 Å². The number of carboxylic acid groups (broad SMARTS) is 2. The summed E-state index contributed by atoms with van der Waals surface area (Å²) in [5.41, 5.74) is 8.14. The first kappa shape index (κ1) is 52.1. The lowest BCUT2D eigenvalue weighted by Crippen LogP contribution is -2.13. The van der Waals surface area contributed by atoms with Crippen molar-refractivity contribution in [1.29, 1.82) is 0 Å². The summed E-state index contributed by atoms with van der Waals surface area (Å²) in [4.78, 5) is 32.0. The molecular formula is C42H70O7. The minimum Gasteiger partial charge on any atom is -0.481 e. The lowest BCUT2D eigenvalue weighted by atomic mass is 9.97. The predicted molar refractivity (Wildman–Crippen MR) is 208 cm³/mol. The number of aliphatic hydroxyl groups is 1. The summed E-state index contributed by atoms with van der Waals surface area (Å²) >= 11 is 0. The Labute approximate surface area is 299 Å². The number of hydrogen-bond donors (Lipinski definition) is 3. The molecular weight excluding hydrogens is 616 g/mol. The molecule has 0 aliphatic heterocycles. The number of ether oxygens (including phenoxy) is 1. The van der Waals surface area contributed by atoms with Crippen molar-refractivity contribution in [3.8, 4) is 0 Å². The second-order valence-corrected chi connectivity index (χ2v) is 13.8. The van der Waals surface area contributed by atoms with Gasteiger partial charge < -0.3 is 20.1 Å². The van der Waals surface area contributed by atoms with Gasteiger partial charge in [-0.3, -0.25) is 9.59 Å². The first-order valence-corrected chi connectivity index (χ1v) is 16.9. The molecule has 1 atom stereocenters. The average Bonchev–Trinajstić information content (AvgIpc) is 2.92. The molecule has 0 amide bonds. The van der Waals surface area contributed by atoms with Gasteiger partial charge in [-0.1, -0.05) is 119 Å². The quantitative estimate of drug-likeness (QED) is 0.0719. The van der Waals surface area contributed by atoms with E-state index in [4.69, 9.17) is 20.1 Å². The molecule has 0 heterocycles. The van der Waals surface area contributed by atoms with E-state index in [9.17, 15) is 14.4 Å². The number of hydrogen-bond acceptors (Lipinski definition) is 5. The summed E-state index contributed by atoms with van der Waals surface area (Å²) in [6, 6.07) is 0. The first-order chi connectivity index (χ1) is 22.4. The second-order valence-electron chi connectivity index (χ2n) is 13.8. The standard InChI is InChI=1S/C12H20O2.2C10H16O2.C10H18O/c1-9(2)6-7-12(10(3)4)8-14-11(5)13;2*1-7(2)5-6-9(8(3)4)10(11)12;1-8(2)5-6-10(7-11)9(3)4/h6-7,10H,8H2,1-5H3;5-6,8H,1-4H3,(H,11,12);5,9H,3,6H2,1-2,4H3,(H,11,12);5-6,9,11H,7H2,1-4H3/b12-7-;9-6+;;10-6-. The molecule has 0 aliphatic rings. The molecule has 0 radical (unpaired) electrons. The van der Waals surface area contributed by atoms with Gasteiger partial charge in [-0.05, 0) is 97.6 Å². The Morgan fingerprint density at radius 3 is 1.29 bits per heavy atom. The number of aliphatic hydroxyl groups excluding tert-OH is 1. The lowest BCUT2D eigenvalue weighted by molar-refractivity contribution is -0.141. The topological polar surface area (TPSA) is 121 Å². The fourth-order valence-corrected chi connectivity index (χ4v) is 3.20. The lowest BCUT2D eigenvalue weighted by Gasteiger charge is -2.10. The SMILES string of the molecule is C=C(C)C(CC=C(C)C)C(=O)O.CC(=O)OC/C(=C/C=C(C)C)C(C)C.CC(C)=C/C=C(/C(=O)O)C(C)C.CC(C)=C/C=C(/CO)C(C)C. The minimum atomic E-state index is -0.831. The highest BCUT2D eigenvalue weighted by molar-refractivity contribution is 5.87. The number of carboxylic acids is 2. The molecule has 0 saturated carbocycles. The average molecular weight is 687 g/mol. The Kier molecular flexibility index (Phi) is 32.3. The maximum Gasteiger partial charge on any atom is 0.331 e. The van der Waals surface area contributed by atoms with Crippen molar-refractivity contribution in [1.82, 2.24) is 0 Å². The molecule has 0 fully saturated rings. The van der Waals surface area contributed by atoms with Crippen LogP contribution in [0.15, 0.2) is 93.7 Å². The van der Waals surface area contributed by atoms with Crippen LogP contribution in [-0.2, 0) is 19.1 Å². The van der Waals surface area contributed by atoms with Gasteiger partial charge in [-0.15, -0.1) is 0 Å². The second kappa shape index (κ2) is 30.4. The minimum absolute atomic E-state index is 0.0677. The third-order valence-corrected chi connectivity index (χ3v) is 6.49. The number of esters is 1. The first-order valence-electron chi connectivity index (χ1n) is 16.9. The van der Waals surface area contributed by atoms with E-state index in [1.165, 1.54) is 18.1 Å². The summed E-state index contributed by atoms with van der Waals surface area (Å²) in [6.45, 7) is 35.5. The van der Waals surface area contributed by atoms with Crippen LogP contribution >= 0.6 is 0 Å². The largest absolute Gasteiger partial charge is 0.481 e. The zero-order valence-corrected chi connectivity index (χ0v) is 33.7. The molecule has 0 saturated heterocycles. The fourth-order valence-electron chi connectivity index (χ4n) is 3.20. The molecule has 1 unspecified atom stereocenters. The smallest absolute Gasteiger partial charge is 0.331 e. The number of aliphatic carboxylic acids is 2. The van der Waals surface area contributed by atoms with Gasteiger partial charge in [-0.2, -0.15) is 0 Å². The molecule has 0 spiro atoms. The van der Waals surface area contributed by atoms with Gasteiger partial charge in [-0.25, -0.2) is 4.79 Å². The van der Waals surface area contributed by atoms with Gasteiger partial charge in [0.05, 0.1) is 12.5 Å². The molecule has 3 N–H and O–H groups in total. The normalized spacial score (nSPS) is 11.7. The van der Waals surface area contributed by atoms with Crippen LogP contribution in [-0.4, -0.2) is 46.4 Å². The molecule has 0 aromatic heterocycles. The van der Waals surface area contributed by atoms with Crippen LogP contribution in [0.1, 0.15) is 117 Å². The molecule has 0 aliphatic carbocycles. The van der Waals surface area contributed by atoms with E-state index in [1.54, 1.807) is 13.0 Å².